The highest BCUT2D eigenvalue weighted by Gasteiger charge is 2.49. The molecule has 1 aliphatic heterocycles. The second-order valence-corrected chi connectivity index (χ2v) is 7.98. The zero-order chi connectivity index (χ0) is 19.6. The van der Waals surface area contributed by atoms with Crippen LogP contribution in [-0.4, -0.2) is 28.1 Å². The van der Waals surface area contributed by atoms with Crippen molar-refractivity contribution in [3.05, 3.63) is 77.6 Å². The fourth-order valence-corrected chi connectivity index (χ4v) is 4.83. The third kappa shape index (κ3) is 3.74. The molecule has 28 heavy (non-hydrogen) atoms. The van der Waals surface area contributed by atoms with E-state index < -0.39 is 5.60 Å². The maximum atomic E-state index is 13.5. The highest BCUT2D eigenvalue weighted by molar-refractivity contribution is 5.92. The van der Waals surface area contributed by atoms with E-state index in [2.05, 4.69) is 0 Å². The van der Waals surface area contributed by atoms with Crippen LogP contribution >= 0.6 is 0 Å². The van der Waals surface area contributed by atoms with Gasteiger partial charge in [0.1, 0.15) is 5.82 Å². The summed E-state index contributed by atoms with van der Waals surface area (Å²) in [6, 6.07) is 15.9. The number of hydrogen-bond acceptors (Lipinski definition) is 2. The van der Waals surface area contributed by atoms with Crippen LogP contribution in [0.15, 0.2) is 60.7 Å². The van der Waals surface area contributed by atoms with Gasteiger partial charge in [0, 0.05) is 18.5 Å². The van der Waals surface area contributed by atoms with Gasteiger partial charge in [-0.15, -0.1) is 0 Å². The number of hydrogen-bond donors (Lipinski definition) is 1. The summed E-state index contributed by atoms with van der Waals surface area (Å²) in [6.45, 7) is 0.507. The number of fused-ring (bicyclic) bond motifs is 1. The van der Waals surface area contributed by atoms with Crippen molar-refractivity contribution in [3.63, 3.8) is 0 Å². The molecule has 1 heterocycles. The average Bonchev–Trinajstić information content (AvgIpc) is 2.72. The third-order valence-electron chi connectivity index (χ3n) is 6.28. The summed E-state index contributed by atoms with van der Waals surface area (Å²) in [7, 11) is 0. The van der Waals surface area contributed by atoms with Gasteiger partial charge in [0.15, 0.2) is 0 Å². The molecule has 1 N–H and O–H groups in total. The zero-order valence-electron chi connectivity index (χ0n) is 15.9. The molecule has 1 amide bonds. The zero-order valence-corrected chi connectivity index (χ0v) is 15.9. The summed E-state index contributed by atoms with van der Waals surface area (Å²) < 4.78 is 13.5. The Morgan fingerprint density at radius 3 is 2.57 bits per heavy atom. The summed E-state index contributed by atoms with van der Waals surface area (Å²) in [5.41, 5.74) is 1.13. The number of likely N-dealkylation sites (tertiary alicyclic amines) is 1. The second kappa shape index (κ2) is 7.88. The Kier molecular flexibility index (Phi) is 5.31. The number of amides is 1. The van der Waals surface area contributed by atoms with Crippen LogP contribution in [0.2, 0.25) is 0 Å². The lowest BCUT2D eigenvalue weighted by molar-refractivity contribution is -0.150. The van der Waals surface area contributed by atoms with Gasteiger partial charge < -0.3 is 10.0 Å². The van der Waals surface area contributed by atoms with Gasteiger partial charge in [-0.05, 0) is 48.6 Å². The van der Waals surface area contributed by atoms with Gasteiger partial charge in [0.05, 0.1) is 11.6 Å². The molecule has 0 spiro atoms. The van der Waals surface area contributed by atoms with Gasteiger partial charge in [0.2, 0.25) is 5.91 Å². The van der Waals surface area contributed by atoms with Crippen molar-refractivity contribution in [2.75, 3.05) is 6.54 Å². The van der Waals surface area contributed by atoms with E-state index in [1.807, 2.05) is 41.3 Å². The molecule has 3 atom stereocenters. The maximum absolute atomic E-state index is 13.5. The maximum Gasteiger partial charge on any atom is 0.247 e. The Bertz CT molecular complexity index is 849. The van der Waals surface area contributed by atoms with E-state index in [0.717, 1.165) is 36.8 Å². The highest BCUT2D eigenvalue weighted by atomic mass is 19.1. The summed E-state index contributed by atoms with van der Waals surface area (Å²) in [6.07, 6.45) is 7.75. The minimum Gasteiger partial charge on any atom is -0.389 e. The summed E-state index contributed by atoms with van der Waals surface area (Å²) >= 11 is 0. The fourth-order valence-electron chi connectivity index (χ4n) is 4.83. The van der Waals surface area contributed by atoms with E-state index in [1.54, 1.807) is 18.2 Å². The van der Waals surface area contributed by atoms with E-state index >= 15 is 0 Å². The molecule has 2 fully saturated rings. The standard InChI is InChI=1S/C24H26FNO2/c25-20-12-10-19(11-13-20)23-21-8-4-5-15-24(21,28)16-17-26(23)22(27)14-9-18-6-2-1-3-7-18/h1-3,6-7,9-14,21,23,28H,4-5,8,15-17H2/b14-9+/t21-,23-,24-/m0/s1. The third-order valence-corrected chi connectivity index (χ3v) is 6.28. The Labute approximate surface area is 165 Å². The van der Waals surface area contributed by atoms with E-state index in [-0.39, 0.29) is 23.7 Å². The smallest absolute Gasteiger partial charge is 0.247 e. The number of halogens is 1. The highest BCUT2D eigenvalue weighted by Crippen LogP contribution is 2.49. The van der Waals surface area contributed by atoms with Gasteiger partial charge in [-0.3, -0.25) is 4.79 Å². The number of aliphatic hydroxyl groups is 1. The van der Waals surface area contributed by atoms with E-state index in [0.29, 0.717) is 13.0 Å². The van der Waals surface area contributed by atoms with Crippen molar-refractivity contribution < 1.29 is 14.3 Å². The molecule has 2 aromatic rings. The number of nitrogens with zero attached hydrogens (tertiary/aromatic N) is 1. The molecule has 4 rings (SSSR count). The van der Waals surface area contributed by atoms with Gasteiger partial charge in [-0.25, -0.2) is 4.39 Å². The molecule has 2 aliphatic rings. The number of carbonyl (C=O) groups is 1. The van der Waals surface area contributed by atoms with Crippen LogP contribution in [0.3, 0.4) is 0 Å². The molecule has 1 saturated heterocycles. The predicted molar refractivity (Wildman–Crippen MR) is 108 cm³/mol. The summed E-state index contributed by atoms with van der Waals surface area (Å²) in [5, 5.41) is 11.3. The molecule has 0 bridgehead atoms. The summed E-state index contributed by atoms with van der Waals surface area (Å²) in [4.78, 5) is 14.9. The van der Waals surface area contributed by atoms with Crippen molar-refractivity contribution >= 4 is 12.0 Å². The van der Waals surface area contributed by atoms with Crippen LogP contribution in [-0.2, 0) is 4.79 Å². The first-order valence-electron chi connectivity index (χ1n) is 10.1. The van der Waals surface area contributed by atoms with Crippen molar-refractivity contribution in [3.8, 4) is 0 Å². The van der Waals surface area contributed by atoms with Gasteiger partial charge in [-0.2, -0.15) is 0 Å². The van der Waals surface area contributed by atoms with Crippen LogP contribution in [0.1, 0.15) is 49.3 Å². The largest absolute Gasteiger partial charge is 0.389 e. The Hall–Kier alpha value is -2.46. The van der Waals surface area contributed by atoms with Crippen molar-refractivity contribution in [2.45, 2.75) is 43.7 Å². The molecule has 1 aliphatic carbocycles. The van der Waals surface area contributed by atoms with Crippen LogP contribution < -0.4 is 0 Å². The molecular weight excluding hydrogens is 353 g/mol. The molecule has 0 unspecified atom stereocenters. The van der Waals surface area contributed by atoms with Gasteiger partial charge in [-0.1, -0.05) is 55.3 Å². The molecule has 3 nitrogen and oxygen atoms in total. The fraction of sp³-hybridized carbons (Fsp3) is 0.375. The molecule has 0 aromatic heterocycles. The lowest BCUT2D eigenvalue weighted by atomic mass is 9.66. The van der Waals surface area contributed by atoms with E-state index in [1.165, 1.54) is 12.1 Å². The molecular formula is C24H26FNO2. The molecule has 4 heteroatoms. The SMILES string of the molecule is O=C(/C=C/c1ccccc1)N1CC[C@@]2(O)CCCC[C@H]2[C@@H]1c1ccc(F)cc1. The first-order valence-corrected chi connectivity index (χ1v) is 10.1. The Morgan fingerprint density at radius 2 is 1.82 bits per heavy atom. The summed E-state index contributed by atoms with van der Waals surface area (Å²) in [5.74, 6) is -0.374. The number of rotatable bonds is 3. The lowest BCUT2D eigenvalue weighted by Crippen LogP contribution is -2.56. The first-order chi connectivity index (χ1) is 13.6. The second-order valence-electron chi connectivity index (χ2n) is 7.98. The van der Waals surface area contributed by atoms with E-state index in [4.69, 9.17) is 0 Å². The molecule has 0 radical (unpaired) electrons. The molecule has 1 saturated carbocycles. The van der Waals surface area contributed by atoms with Crippen LogP contribution in [0, 0.1) is 11.7 Å². The van der Waals surface area contributed by atoms with Crippen LogP contribution in [0.25, 0.3) is 6.08 Å². The molecule has 146 valence electrons. The van der Waals surface area contributed by atoms with Gasteiger partial charge in [0.25, 0.3) is 0 Å². The van der Waals surface area contributed by atoms with Crippen molar-refractivity contribution in [1.29, 1.82) is 0 Å². The predicted octanol–water partition coefficient (Wildman–Crippen LogP) is 4.73. The van der Waals surface area contributed by atoms with E-state index in [9.17, 15) is 14.3 Å². The lowest BCUT2D eigenvalue weighted by Gasteiger charge is -2.52. The number of benzene rings is 2. The quantitative estimate of drug-likeness (QED) is 0.783. The average molecular weight is 379 g/mol. The van der Waals surface area contributed by atoms with Crippen LogP contribution in [0.5, 0.6) is 0 Å². The van der Waals surface area contributed by atoms with Crippen LogP contribution in [0.4, 0.5) is 4.39 Å². The first kappa shape index (κ1) is 18.9. The minimum atomic E-state index is -0.739. The van der Waals surface area contributed by atoms with Gasteiger partial charge >= 0.3 is 0 Å². The Morgan fingerprint density at radius 1 is 1.07 bits per heavy atom. The number of piperidine rings is 1. The van der Waals surface area contributed by atoms with Crippen molar-refractivity contribution in [2.24, 2.45) is 5.92 Å². The number of carbonyl (C=O) groups excluding carboxylic acids is 1. The topological polar surface area (TPSA) is 40.5 Å². The normalized spacial score (nSPS) is 27.6. The molecule has 2 aromatic carbocycles. The Balaban J connectivity index is 1.65. The van der Waals surface area contributed by atoms with Crippen molar-refractivity contribution in [1.82, 2.24) is 4.90 Å². The monoisotopic (exact) mass is 379 g/mol. The minimum absolute atomic E-state index is 0.0189.